The molecular formula is C18H11ClFN7O. The average Bonchev–Trinajstić information content (AvgIpc) is 3.17. The van der Waals surface area contributed by atoms with E-state index in [2.05, 4.69) is 31.0 Å². The van der Waals surface area contributed by atoms with Crippen LogP contribution in [0.2, 0.25) is 5.02 Å². The van der Waals surface area contributed by atoms with Crippen molar-refractivity contribution in [1.82, 2.24) is 30.4 Å². The maximum Gasteiger partial charge on any atom is 0.288 e. The van der Waals surface area contributed by atoms with Crippen molar-refractivity contribution in [1.29, 1.82) is 0 Å². The average molecular weight is 396 g/mol. The number of nitrogens with one attached hydrogen (secondary N) is 2. The van der Waals surface area contributed by atoms with Crippen molar-refractivity contribution in [3.05, 3.63) is 80.9 Å². The third-order valence-electron chi connectivity index (χ3n) is 4.57. The lowest BCUT2D eigenvalue weighted by atomic mass is 9.92. The van der Waals surface area contributed by atoms with Crippen LogP contribution in [0.1, 0.15) is 17.2 Å². The molecule has 0 saturated carbocycles. The Bertz CT molecular complexity index is 1230. The first-order valence-electron chi connectivity index (χ1n) is 8.30. The van der Waals surface area contributed by atoms with Crippen LogP contribution >= 0.6 is 11.6 Å². The third kappa shape index (κ3) is 2.55. The second-order valence-electron chi connectivity index (χ2n) is 6.22. The second-order valence-corrected chi connectivity index (χ2v) is 6.66. The summed E-state index contributed by atoms with van der Waals surface area (Å²) in [6.07, 6.45) is 0. The van der Waals surface area contributed by atoms with Crippen LogP contribution in [-0.4, -0.2) is 30.4 Å². The Morgan fingerprint density at radius 1 is 1.07 bits per heavy atom. The van der Waals surface area contributed by atoms with E-state index in [1.54, 1.807) is 28.9 Å². The minimum atomic E-state index is -0.520. The number of hydrogen-bond acceptors (Lipinski definition) is 6. The van der Waals surface area contributed by atoms with Crippen molar-refractivity contribution in [2.45, 2.75) is 6.04 Å². The van der Waals surface area contributed by atoms with Gasteiger partial charge in [0.25, 0.3) is 5.56 Å². The highest BCUT2D eigenvalue weighted by molar-refractivity contribution is 6.30. The summed E-state index contributed by atoms with van der Waals surface area (Å²) >= 11 is 6.03. The zero-order chi connectivity index (χ0) is 19.3. The quantitative estimate of drug-likeness (QED) is 0.476. The van der Waals surface area contributed by atoms with E-state index in [0.29, 0.717) is 27.8 Å². The number of halogens is 2. The van der Waals surface area contributed by atoms with Crippen molar-refractivity contribution < 1.29 is 4.39 Å². The molecule has 10 heteroatoms. The van der Waals surface area contributed by atoms with Gasteiger partial charge in [-0.05, 0) is 52.4 Å². The van der Waals surface area contributed by atoms with Crippen LogP contribution in [0.5, 0.6) is 0 Å². The first-order chi connectivity index (χ1) is 13.6. The molecule has 1 atom stereocenters. The van der Waals surface area contributed by atoms with E-state index in [1.807, 2.05) is 12.1 Å². The summed E-state index contributed by atoms with van der Waals surface area (Å²) in [7, 11) is 0. The van der Waals surface area contributed by atoms with E-state index in [0.717, 1.165) is 5.56 Å². The van der Waals surface area contributed by atoms with Crippen LogP contribution in [-0.2, 0) is 0 Å². The number of tetrazole rings is 1. The first kappa shape index (κ1) is 16.6. The lowest BCUT2D eigenvalue weighted by Gasteiger charge is -2.27. The number of aromatic amines is 1. The Kier molecular flexibility index (Phi) is 3.69. The second kappa shape index (κ2) is 6.24. The molecule has 0 bridgehead atoms. The summed E-state index contributed by atoms with van der Waals surface area (Å²) in [5.41, 5.74) is 2.41. The van der Waals surface area contributed by atoms with Crippen LogP contribution in [0.4, 0.5) is 16.0 Å². The summed E-state index contributed by atoms with van der Waals surface area (Å²) in [4.78, 5) is 12.5. The molecule has 8 nitrogen and oxygen atoms in total. The molecule has 0 amide bonds. The molecule has 1 unspecified atom stereocenters. The van der Waals surface area contributed by atoms with Gasteiger partial charge < -0.3 is 5.32 Å². The van der Waals surface area contributed by atoms with Gasteiger partial charge in [0.05, 0.1) is 5.69 Å². The van der Waals surface area contributed by atoms with Gasteiger partial charge in [0.1, 0.15) is 17.5 Å². The Balaban J connectivity index is 1.81. The standard InChI is InChI=1S/C18H11ClFN7O/c19-11-5-1-10(2-6-11)16-13-14(9-3-7-12(20)8-4-9)22-23-17(28)15(13)21-18-24-25-26-27(16)18/h1-8,16H,(H,23,28)(H,21,24,26). The van der Waals surface area contributed by atoms with Gasteiger partial charge in [0.2, 0.25) is 5.95 Å². The molecule has 0 radical (unpaired) electrons. The monoisotopic (exact) mass is 395 g/mol. The SMILES string of the molecule is O=c1[nH]nc(-c2ccc(F)cc2)c2c1Nc1nnnn1C2c1ccc(Cl)cc1. The summed E-state index contributed by atoms with van der Waals surface area (Å²) in [6.45, 7) is 0. The van der Waals surface area contributed by atoms with Crippen LogP contribution < -0.4 is 10.9 Å². The molecule has 5 rings (SSSR count). The molecule has 2 aromatic carbocycles. The zero-order valence-corrected chi connectivity index (χ0v) is 14.9. The number of anilines is 2. The van der Waals surface area contributed by atoms with Crippen molar-refractivity contribution >= 4 is 23.2 Å². The number of H-pyrrole nitrogens is 1. The van der Waals surface area contributed by atoms with E-state index in [9.17, 15) is 9.18 Å². The molecule has 1 aliphatic heterocycles. The van der Waals surface area contributed by atoms with Gasteiger partial charge in [-0.1, -0.05) is 28.8 Å². The van der Waals surface area contributed by atoms with E-state index in [4.69, 9.17) is 11.6 Å². The van der Waals surface area contributed by atoms with Gasteiger partial charge in [-0.25, -0.2) is 9.49 Å². The molecule has 28 heavy (non-hydrogen) atoms. The number of rotatable bonds is 2. The summed E-state index contributed by atoms with van der Waals surface area (Å²) in [5.74, 6) is -0.0358. The molecule has 2 N–H and O–H groups in total. The number of aromatic nitrogens is 6. The number of hydrogen-bond donors (Lipinski definition) is 2. The van der Waals surface area contributed by atoms with E-state index >= 15 is 0 Å². The minimum absolute atomic E-state index is 0.288. The first-order valence-corrected chi connectivity index (χ1v) is 8.68. The molecule has 0 spiro atoms. The van der Waals surface area contributed by atoms with Crippen molar-refractivity contribution in [2.75, 3.05) is 5.32 Å². The Hall–Kier alpha value is -3.59. The Morgan fingerprint density at radius 3 is 2.57 bits per heavy atom. The maximum absolute atomic E-state index is 13.4. The van der Waals surface area contributed by atoms with E-state index < -0.39 is 11.6 Å². The maximum atomic E-state index is 13.4. The normalized spacial score (nSPS) is 14.9. The van der Waals surface area contributed by atoms with Gasteiger partial charge >= 0.3 is 0 Å². The molecule has 0 aliphatic carbocycles. The Morgan fingerprint density at radius 2 is 1.82 bits per heavy atom. The van der Waals surface area contributed by atoms with Crippen LogP contribution in [0.25, 0.3) is 11.3 Å². The summed E-state index contributed by atoms with van der Waals surface area (Å²) in [6, 6.07) is 12.5. The van der Waals surface area contributed by atoms with E-state index in [-0.39, 0.29) is 11.5 Å². The molecule has 0 saturated heterocycles. The van der Waals surface area contributed by atoms with Gasteiger partial charge in [0.15, 0.2) is 0 Å². The molecule has 2 aromatic heterocycles. The van der Waals surface area contributed by atoms with Crippen molar-refractivity contribution in [3.63, 3.8) is 0 Å². The van der Waals surface area contributed by atoms with Gasteiger partial charge in [-0.15, -0.1) is 0 Å². The smallest absolute Gasteiger partial charge is 0.288 e. The van der Waals surface area contributed by atoms with Gasteiger partial charge in [-0.2, -0.15) is 9.78 Å². The topological polar surface area (TPSA) is 101 Å². The molecule has 4 aromatic rings. The molecule has 1 aliphatic rings. The third-order valence-corrected chi connectivity index (χ3v) is 4.82. The predicted molar refractivity (Wildman–Crippen MR) is 100 cm³/mol. The molecule has 0 fully saturated rings. The predicted octanol–water partition coefficient (Wildman–Crippen LogP) is 2.91. The lowest BCUT2D eigenvalue weighted by molar-refractivity contribution is 0.567. The van der Waals surface area contributed by atoms with Gasteiger partial charge in [0, 0.05) is 16.1 Å². The highest BCUT2D eigenvalue weighted by Crippen LogP contribution is 2.41. The zero-order valence-electron chi connectivity index (χ0n) is 14.1. The van der Waals surface area contributed by atoms with Crippen molar-refractivity contribution in [3.8, 4) is 11.3 Å². The van der Waals surface area contributed by atoms with Crippen LogP contribution in [0.15, 0.2) is 53.3 Å². The highest BCUT2D eigenvalue weighted by atomic mass is 35.5. The number of nitrogens with zero attached hydrogens (tertiary/aromatic N) is 5. The largest absolute Gasteiger partial charge is 0.318 e. The highest BCUT2D eigenvalue weighted by Gasteiger charge is 2.34. The lowest BCUT2D eigenvalue weighted by Crippen LogP contribution is -2.29. The number of benzene rings is 2. The summed E-state index contributed by atoms with van der Waals surface area (Å²) in [5, 5.41) is 22.0. The fourth-order valence-electron chi connectivity index (χ4n) is 3.32. The molecular weight excluding hydrogens is 385 g/mol. The number of fused-ring (bicyclic) bond motifs is 2. The van der Waals surface area contributed by atoms with Crippen molar-refractivity contribution in [2.24, 2.45) is 0 Å². The van der Waals surface area contributed by atoms with Gasteiger partial charge in [-0.3, -0.25) is 4.79 Å². The van der Waals surface area contributed by atoms with E-state index in [1.165, 1.54) is 12.1 Å². The minimum Gasteiger partial charge on any atom is -0.318 e. The Labute approximate surface area is 162 Å². The fourth-order valence-corrected chi connectivity index (χ4v) is 3.44. The molecule has 3 heterocycles. The fraction of sp³-hybridized carbons (Fsp3) is 0.0556. The molecule has 138 valence electrons. The summed E-state index contributed by atoms with van der Waals surface area (Å²) < 4.78 is 15.0. The van der Waals surface area contributed by atoms with Crippen LogP contribution in [0, 0.1) is 5.82 Å². The van der Waals surface area contributed by atoms with Crippen LogP contribution in [0.3, 0.4) is 0 Å².